The van der Waals surface area contributed by atoms with E-state index in [-0.39, 0.29) is 0 Å². The average Bonchev–Trinajstić information content (AvgIpc) is 2.33. The molecule has 2 rings (SSSR count). The summed E-state index contributed by atoms with van der Waals surface area (Å²) in [4.78, 5) is 36.1. The van der Waals surface area contributed by atoms with E-state index in [1.165, 1.54) is 17.7 Å². The van der Waals surface area contributed by atoms with Gasteiger partial charge in [0, 0.05) is 25.2 Å². The molecule has 1 aromatic rings. The van der Waals surface area contributed by atoms with Gasteiger partial charge in [0.05, 0.1) is 6.54 Å². The summed E-state index contributed by atoms with van der Waals surface area (Å²) in [5.41, 5.74) is -0.592. The van der Waals surface area contributed by atoms with Crippen LogP contribution >= 0.6 is 0 Å². The lowest BCUT2D eigenvalue weighted by Gasteiger charge is -2.30. The number of rotatable bonds is 2. The third kappa shape index (κ3) is 3.09. The number of hydrogen-bond donors (Lipinski definition) is 2. The molecule has 0 amide bonds. The summed E-state index contributed by atoms with van der Waals surface area (Å²) in [5, 5.41) is 3.00. The average molecular weight is 269 g/mol. The number of aromatic amines is 1. The minimum Gasteiger partial charge on any atom is -0.434 e. The highest BCUT2D eigenvalue weighted by Crippen LogP contribution is 2.13. The summed E-state index contributed by atoms with van der Waals surface area (Å²) in [6.07, 6.45) is 0.0282. The zero-order valence-corrected chi connectivity index (χ0v) is 10.6. The van der Waals surface area contributed by atoms with Crippen molar-refractivity contribution in [3.63, 3.8) is 0 Å². The molecule has 8 nitrogen and oxygen atoms in total. The first-order valence-electron chi connectivity index (χ1n) is 5.83. The molecular formula is C11H15N3O5. The van der Waals surface area contributed by atoms with Crippen molar-refractivity contribution >= 4 is 5.97 Å². The van der Waals surface area contributed by atoms with Gasteiger partial charge in [-0.3, -0.25) is 19.1 Å². The first kappa shape index (κ1) is 13.5. The van der Waals surface area contributed by atoms with E-state index < -0.39 is 29.7 Å². The molecule has 1 aromatic heterocycles. The molecular weight excluding hydrogens is 254 g/mol. The first-order chi connectivity index (χ1) is 8.97. The van der Waals surface area contributed by atoms with Gasteiger partial charge in [0.25, 0.3) is 5.56 Å². The second-order valence-corrected chi connectivity index (χ2v) is 4.27. The lowest BCUT2D eigenvalue weighted by molar-refractivity contribution is -0.208. The third-order valence-electron chi connectivity index (χ3n) is 2.69. The van der Waals surface area contributed by atoms with Gasteiger partial charge in [-0.25, -0.2) is 4.79 Å². The van der Waals surface area contributed by atoms with Gasteiger partial charge < -0.3 is 14.8 Å². The number of nitrogens with one attached hydrogen (secondary N) is 2. The Hall–Kier alpha value is -1.93. The molecule has 0 bridgehead atoms. The molecule has 2 atom stereocenters. The highest BCUT2D eigenvalue weighted by atomic mass is 16.7. The van der Waals surface area contributed by atoms with E-state index in [4.69, 9.17) is 9.47 Å². The van der Waals surface area contributed by atoms with E-state index in [9.17, 15) is 14.4 Å². The maximum atomic E-state index is 11.7. The molecule has 104 valence electrons. The molecule has 0 spiro atoms. The summed E-state index contributed by atoms with van der Waals surface area (Å²) < 4.78 is 11.7. The second kappa shape index (κ2) is 5.37. The van der Waals surface area contributed by atoms with Gasteiger partial charge in [0.15, 0.2) is 6.23 Å². The van der Waals surface area contributed by atoms with E-state index in [0.29, 0.717) is 18.7 Å². The number of H-pyrrole nitrogens is 1. The van der Waals surface area contributed by atoms with Crippen LogP contribution in [-0.2, 0) is 14.3 Å². The Morgan fingerprint density at radius 2 is 2.21 bits per heavy atom. The molecule has 1 saturated heterocycles. The Kier molecular flexibility index (Phi) is 3.82. The Morgan fingerprint density at radius 1 is 1.47 bits per heavy atom. The van der Waals surface area contributed by atoms with Crippen molar-refractivity contribution in [1.82, 2.24) is 14.9 Å². The van der Waals surface area contributed by atoms with Crippen LogP contribution in [0.2, 0.25) is 0 Å². The van der Waals surface area contributed by atoms with E-state index in [2.05, 4.69) is 10.3 Å². The number of aromatic nitrogens is 2. The number of morpholine rings is 1. The zero-order valence-electron chi connectivity index (χ0n) is 10.6. The number of hydrogen-bond acceptors (Lipinski definition) is 6. The standard InChI is InChI=1S/C11H15N3O5/c1-6-5-14(11(17)13-10(6)16)8-3-12-4-9(19-8)18-7(2)15/h5,8-9,12H,3-4H2,1-2H3,(H,13,16,17). The highest BCUT2D eigenvalue weighted by molar-refractivity contribution is 5.66. The minimum atomic E-state index is -0.754. The zero-order chi connectivity index (χ0) is 14.0. The quantitative estimate of drug-likeness (QED) is 0.657. The van der Waals surface area contributed by atoms with Crippen molar-refractivity contribution < 1.29 is 14.3 Å². The normalized spacial score (nSPS) is 23.1. The Bertz CT molecular complexity index is 591. The van der Waals surface area contributed by atoms with Crippen molar-refractivity contribution in [1.29, 1.82) is 0 Å². The molecule has 0 radical (unpaired) electrons. The molecule has 1 fully saturated rings. The van der Waals surface area contributed by atoms with E-state index in [1.54, 1.807) is 6.92 Å². The largest absolute Gasteiger partial charge is 0.434 e. The first-order valence-corrected chi connectivity index (χ1v) is 5.83. The molecule has 1 aliphatic heterocycles. The Balaban J connectivity index is 2.22. The Morgan fingerprint density at radius 3 is 2.89 bits per heavy atom. The van der Waals surface area contributed by atoms with Crippen LogP contribution in [0.25, 0.3) is 0 Å². The number of ether oxygens (including phenoxy) is 2. The van der Waals surface area contributed by atoms with Gasteiger partial charge in [-0.05, 0) is 6.92 Å². The van der Waals surface area contributed by atoms with E-state index in [1.807, 2.05) is 0 Å². The molecule has 0 saturated carbocycles. The molecule has 2 unspecified atom stereocenters. The predicted molar refractivity (Wildman–Crippen MR) is 64.6 cm³/mol. The van der Waals surface area contributed by atoms with Gasteiger partial charge in [-0.1, -0.05) is 0 Å². The molecule has 19 heavy (non-hydrogen) atoms. The smallest absolute Gasteiger partial charge is 0.330 e. The number of nitrogens with zero attached hydrogens (tertiary/aromatic N) is 1. The summed E-state index contributed by atoms with van der Waals surface area (Å²) in [7, 11) is 0. The van der Waals surface area contributed by atoms with E-state index in [0.717, 1.165) is 0 Å². The van der Waals surface area contributed by atoms with Gasteiger partial charge >= 0.3 is 11.7 Å². The fourth-order valence-electron chi connectivity index (χ4n) is 1.81. The van der Waals surface area contributed by atoms with Crippen molar-refractivity contribution in [2.24, 2.45) is 0 Å². The SMILES string of the molecule is CC(=O)OC1CNCC(n2cc(C)c(=O)[nH]c2=O)O1. The molecule has 8 heteroatoms. The van der Waals surface area contributed by atoms with Gasteiger partial charge in [0.2, 0.25) is 6.29 Å². The van der Waals surface area contributed by atoms with Crippen LogP contribution in [0.4, 0.5) is 0 Å². The number of aryl methyl sites for hydroxylation is 1. The fourth-order valence-corrected chi connectivity index (χ4v) is 1.81. The second-order valence-electron chi connectivity index (χ2n) is 4.27. The summed E-state index contributed by atoms with van der Waals surface area (Å²) in [5.74, 6) is -0.461. The highest BCUT2D eigenvalue weighted by Gasteiger charge is 2.26. The lowest BCUT2D eigenvalue weighted by atomic mass is 10.3. The minimum absolute atomic E-state index is 0.354. The number of carbonyl (C=O) groups is 1. The van der Waals surface area contributed by atoms with Crippen LogP contribution in [-0.4, -0.2) is 34.9 Å². The van der Waals surface area contributed by atoms with Crippen LogP contribution in [0.5, 0.6) is 0 Å². The van der Waals surface area contributed by atoms with Gasteiger partial charge in [-0.2, -0.15) is 0 Å². The summed E-state index contributed by atoms with van der Waals surface area (Å²) >= 11 is 0. The van der Waals surface area contributed by atoms with Crippen molar-refractivity contribution in [3.05, 3.63) is 32.6 Å². The van der Waals surface area contributed by atoms with E-state index >= 15 is 0 Å². The van der Waals surface area contributed by atoms with Crippen LogP contribution < -0.4 is 16.6 Å². The van der Waals surface area contributed by atoms with Gasteiger partial charge in [-0.15, -0.1) is 0 Å². The molecule has 0 aromatic carbocycles. The van der Waals surface area contributed by atoms with Crippen LogP contribution in [0.15, 0.2) is 15.8 Å². The molecule has 2 N–H and O–H groups in total. The Labute approximate surface area is 108 Å². The third-order valence-corrected chi connectivity index (χ3v) is 2.69. The monoisotopic (exact) mass is 269 g/mol. The van der Waals surface area contributed by atoms with Crippen molar-refractivity contribution in [3.8, 4) is 0 Å². The van der Waals surface area contributed by atoms with Crippen LogP contribution in [0, 0.1) is 6.92 Å². The summed E-state index contributed by atoms with van der Waals surface area (Å²) in [6, 6.07) is 0. The predicted octanol–water partition coefficient (Wildman–Crippen LogP) is -1.15. The number of esters is 1. The molecule has 2 heterocycles. The van der Waals surface area contributed by atoms with Crippen LogP contribution in [0.3, 0.4) is 0 Å². The van der Waals surface area contributed by atoms with Crippen LogP contribution in [0.1, 0.15) is 18.7 Å². The maximum Gasteiger partial charge on any atom is 0.330 e. The fraction of sp³-hybridized carbons (Fsp3) is 0.545. The summed E-state index contributed by atoms with van der Waals surface area (Å²) in [6.45, 7) is 3.61. The van der Waals surface area contributed by atoms with Gasteiger partial charge in [0.1, 0.15) is 0 Å². The maximum absolute atomic E-state index is 11.7. The molecule has 0 aliphatic carbocycles. The topological polar surface area (TPSA) is 102 Å². The van der Waals surface area contributed by atoms with Crippen molar-refractivity contribution in [2.45, 2.75) is 26.4 Å². The lowest BCUT2D eigenvalue weighted by Crippen LogP contribution is -2.47. The van der Waals surface area contributed by atoms with Crippen molar-refractivity contribution in [2.75, 3.05) is 13.1 Å². The molecule has 1 aliphatic rings. The number of carbonyl (C=O) groups excluding carboxylic acids is 1.